The van der Waals surface area contributed by atoms with Crippen LogP contribution in [0.2, 0.25) is 0 Å². The molecule has 5 aromatic carbocycles. The molecule has 0 radical (unpaired) electrons. The number of rotatable bonds is 23. The van der Waals surface area contributed by atoms with Crippen LogP contribution in [0, 0.1) is 0 Å². The molecule has 0 saturated carbocycles. The Morgan fingerprint density at radius 3 is 1.56 bits per heavy atom. The van der Waals surface area contributed by atoms with Gasteiger partial charge in [0.2, 0.25) is 0 Å². The van der Waals surface area contributed by atoms with Crippen molar-refractivity contribution in [3.63, 3.8) is 0 Å². The number of nitrogens with one attached hydrogen (secondary N) is 3. The number of allylic oxidation sites excluding steroid dienone is 4. The molecule has 0 aliphatic heterocycles. The smallest absolute Gasteiger partial charge is 0.342 e. The van der Waals surface area contributed by atoms with Gasteiger partial charge in [0.05, 0.1) is 6.16 Å². The maximum absolute atomic E-state index is 14.0. The zero-order valence-electron chi connectivity index (χ0n) is 35.9. The van der Waals surface area contributed by atoms with Crippen LogP contribution in [-0.4, -0.2) is 18.9 Å². The second-order valence-corrected chi connectivity index (χ2v) is 22.4. The van der Waals surface area contributed by atoms with Crippen molar-refractivity contribution < 1.29 is 27.3 Å². The molecule has 4 unspecified atom stereocenters. The zero-order valence-corrected chi connectivity index (χ0v) is 38.6. The molecule has 0 heterocycles. The van der Waals surface area contributed by atoms with Gasteiger partial charge in [0.15, 0.2) is 0 Å². The SMILES string of the molecule is C=CCP(=O)(NCC1=CCCC=C1)Oc1ccc(C(C)(c2ccc(OP(=O)(CCC)NCc3ccccc3)cc2)c2ccc(OP(=O)(NCc3ccccc3)C(=C)C)cc2)cc1. The number of hydrogen-bond donors (Lipinski definition) is 3. The highest BCUT2D eigenvalue weighted by Gasteiger charge is 2.33. The van der Waals surface area contributed by atoms with E-state index in [-0.39, 0.29) is 6.16 Å². The second-order valence-electron chi connectivity index (χ2n) is 15.5. The monoisotopic (exact) mass is 889 g/mol. The fraction of sp³-hybridized carbons (Fsp3) is 0.240. The summed E-state index contributed by atoms with van der Waals surface area (Å²) in [4.78, 5) is 0. The molecule has 62 heavy (non-hydrogen) atoms. The first-order valence-electron chi connectivity index (χ1n) is 21.0. The summed E-state index contributed by atoms with van der Waals surface area (Å²) in [5.41, 5.74) is 5.10. The van der Waals surface area contributed by atoms with Gasteiger partial charge in [-0.1, -0.05) is 135 Å². The molecule has 0 aromatic heterocycles. The van der Waals surface area contributed by atoms with Crippen LogP contribution in [0.25, 0.3) is 0 Å². The van der Waals surface area contributed by atoms with Gasteiger partial charge < -0.3 is 13.6 Å². The Bertz CT molecular complexity index is 2470. The van der Waals surface area contributed by atoms with E-state index in [0.29, 0.717) is 54.8 Å². The molecule has 0 bridgehead atoms. The van der Waals surface area contributed by atoms with Gasteiger partial charge in [-0.3, -0.25) is 13.7 Å². The van der Waals surface area contributed by atoms with Crippen molar-refractivity contribution in [3.8, 4) is 17.2 Å². The summed E-state index contributed by atoms with van der Waals surface area (Å²) in [7, 11) is -10.0. The quantitative estimate of drug-likeness (QED) is 0.0335. The lowest BCUT2D eigenvalue weighted by molar-refractivity contribution is 0.464. The van der Waals surface area contributed by atoms with E-state index >= 15 is 0 Å². The molecule has 0 amide bonds. The lowest BCUT2D eigenvalue weighted by Gasteiger charge is -2.32. The van der Waals surface area contributed by atoms with Gasteiger partial charge in [-0.2, -0.15) is 0 Å². The fourth-order valence-electron chi connectivity index (χ4n) is 7.15. The van der Waals surface area contributed by atoms with Gasteiger partial charge in [-0.15, -0.1) is 6.58 Å². The molecule has 9 nitrogen and oxygen atoms in total. The van der Waals surface area contributed by atoms with Gasteiger partial charge in [0.25, 0.3) is 0 Å². The van der Waals surface area contributed by atoms with E-state index in [9.17, 15) is 13.7 Å². The van der Waals surface area contributed by atoms with Crippen molar-refractivity contribution in [2.24, 2.45) is 0 Å². The van der Waals surface area contributed by atoms with Gasteiger partial charge >= 0.3 is 22.6 Å². The van der Waals surface area contributed by atoms with Crippen molar-refractivity contribution in [1.29, 1.82) is 0 Å². The molecule has 324 valence electrons. The van der Waals surface area contributed by atoms with E-state index in [1.807, 2.05) is 140 Å². The maximum atomic E-state index is 14.0. The Labute approximate surface area is 367 Å². The predicted octanol–water partition coefficient (Wildman–Crippen LogP) is 13.3. The van der Waals surface area contributed by atoms with E-state index in [1.54, 1.807) is 13.0 Å². The first-order chi connectivity index (χ1) is 29.9. The summed E-state index contributed by atoms with van der Waals surface area (Å²) in [6.07, 6.45) is 11.1. The van der Waals surface area contributed by atoms with Crippen molar-refractivity contribution >= 4 is 22.6 Å². The Kier molecular flexibility index (Phi) is 16.1. The molecule has 3 N–H and O–H groups in total. The van der Waals surface area contributed by atoms with Crippen LogP contribution in [0.3, 0.4) is 0 Å². The molecule has 5 aromatic rings. The van der Waals surface area contributed by atoms with Crippen LogP contribution >= 0.6 is 22.6 Å². The molecule has 0 saturated heterocycles. The third-order valence-electron chi connectivity index (χ3n) is 10.7. The minimum absolute atomic E-state index is 0.166. The van der Waals surface area contributed by atoms with E-state index in [1.165, 1.54) is 0 Å². The largest absolute Gasteiger partial charge is 0.433 e. The highest BCUT2D eigenvalue weighted by atomic mass is 31.2. The predicted molar refractivity (Wildman–Crippen MR) is 256 cm³/mol. The van der Waals surface area contributed by atoms with Crippen LogP contribution in [0.5, 0.6) is 17.2 Å². The first-order valence-corrected chi connectivity index (χ1v) is 26.2. The summed E-state index contributed by atoms with van der Waals surface area (Å²) in [6, 6.07) is 42.4. The highest BCUT2D eigenvalue weighted by molar-refractivity contribution is 7.61. The van der Waals surface area contributed by atoms with Crippen molar-refractivity contribution in [2.45, 2.75) is 58.5 Å². The van der Waals surface area contributed by atoms with Gasteiger partial charge in [0.1, 0.15) is 17.2 Å². The van der Waals surface area contributed by atoms with Crippen LogP contribution in [0.4, 0.5) is 0 Å². The fourth-order valence-corrected chi connectivity index (χ4v) is 11.7. The Hall–Kier alpha value is -4.97. The van der Waals surface area contributed by atoms with E-state index in [2.05, 4.69) is 53.6 Å². The van der Waals surface area contributed by atoms with Crippen molar-refractivity contribution in [1.82, 2.24) is 15.3 Å². The lowest BCUT2D eigenvalue weighted by Crippen LogP contribution is -2.25. The van der Waals surface area contributed by atoms with Gasteiger partial charge in [0, 0.05) is 36.5 Å². The third kappa shape index (κ3) is 12.4. The van der Waals surface area contributed by atoms with E-state index in [4.69, 9.17) is 13.6 Å². The number of hydrogen-bond acceptors (Lipinski definition) is 6. The Morgan fingerprint density at radius 1 is 0.645 bits per heavy atom. The Morgan fingerprint density at radius 2 is 1.11 bits per heavy atom. The molecule has 0 fully saturated rings. The summed E-state index contributed by atoms with van der Waals surface area (Å²) < 4.78 is 60.7. The highest BCUT2D eigenvalue weighted by Crippen LogP contribution is 2.51. The molecule has 1 aliphatic rings. The minimum Gasteiger partial charge on any atom is -0.433 e. The standard InChI is InChI=1S/C50H58N3O6P3/c1-6-35-60(54,51-37-41-17-11-8-12-18-41)57-47-29-23-44(24-30-47)50(5,45-25-31-48(32-26-45)58-61(55,36-7-2)52-38-42-19-13-9-14-20-42)46-27-33-49(34-28-46)59-62(56,40(3)4)53-39-43-21-15-10-16-22-43/h6,9-11,13-34H,1,3,7-8,12,35-39H2,2,4-5H3,(H,51,54)(H,52,55)(H,53,56). The molecule has 6 rings (SSSR count). The molecule has 1 aliphatic carbocycles. The molecular weight excluding hydrogens is 831 g/mol. The summed E-state index contributed by atoms with van der Waals surface area (Å²) >= 11 is 0. The third-order valence-corrected chi connectivity index (χ3v) is 16.8. The minimum atomic E-state index is -3.48. The van der Waals surface area contributed by atoms with Gasteiger partial charge in [-0.05, 0) is 103 Å². The van der Waals surface area contributed by atoms with Crippen LogP contribution in [0.15, 0.2) is 182 Å². The summed E-state index contributed by atoms with van der Waals surface area (Å²) in [5.74, 6) is 1.38. The topological polar surface area (TPSA) is 115 Å². The average molecular weight is 890 g/mol. The molecular formula is C50H58N3O6P3. The number of benzene rings is 5. The normalized spacial score (nSPS) is 16.3. The van der Waals surface area contributed by atoms with Crippen molar-refractivity contribution in [2.75, 3.05) is 18.9 Å². The molecule has 4 atom stereocenters. The van der Waals surface area contributed by atoms with Crippen LogP contribution in [0.1, 0.15) is 67.9 Å². The van der Waals surface area contributed by atoms with Gasteiger partial charge in [-0.25, -0.2) is 15.3 Å². The lowest BCUT2D eigenvalue weighted by atomic mass is 9.71. The first kappa shape index (κ1) is 46.5. The van der Waals surface area contributed by atoms with Crippen LogP contribution in [-0.2, 0) is 32.2 Å². The van der Waals surface area contributed by atoms with Crippen molar-refractivity contribution in [3.05, 3.63) is 210 Å². The van der Waals surface area contributed by atoms with Crippen LogP contribution < -0.4 is 28.8 Å². The van der Waals surface area contributed by atoms with E-state index in [0.717, 1.165) is 46.2 Å². The van der Waals surface area contributed by atoms with E-state index < -0.39 is 28.0 Å². The zero-order chi connectivity index (χ0) is 44.1. The maximum Gasteiger partial charge on any atom is 0.342 e. The summed E-state index contributed by atoms with van der Waals surface area (Å²) in [6.45, 7) is 14.8. The second kappa shape index (κ2) is 21.4. The molecule has 12 heteroatoms. The average Bonchev–Trinajstić information content (AvgIpc) is 3.29. The summed E-state index contributed by atoms with van der Waals surface area (Å²) in [5, 5.41) is 9.88. The molecule has 0 spiro atoms. The Balaban J connectivity index is 1.28.